The Labute approximate surface area is 222 Å². The lowest BCUT2D eigenvalue weighted by Crippen LogP contribution is -2.53. The molecule has 1 fully saturated rings. The van der Waals surface area contributed by atoms with Gasteiger partial charge in [-0.15, -0.1) is 0 Å². The first kappa shape index (κ1) is 27.1. The van der Waals surface area contributed by atoms with E-state index in [4.69, 9.17) is 10.3 Å². The van der Waals surface area contributed by atoms with E-state index in [1.54, 1.807) is 13.0 Å². The third kappa shape index (κ3) is 6.11. The van der Waals surface area contributed by atoms with Gasteiger partial charge in [-0.1, -0.05) is 73.6 Å². The van der Waals surface area contributed by atoms with Gasteiger partial charge in [0.05, 0.1) is 11.8 Å². The number of benzene rings is 2. The van der Waals surface area contributed by atoms with Crippen molar-refractivity contribution in [2.45, 2.75) is 57.7 Å². The van der Waals surface area contributed by atoms with Crippen LogP contribution in [-0.2, 0) is 20.8 Å². The number of nitrogens with one attached hydrogen (secondary N) is 1. The van der Waals surface area contributed by atoms with E-state index in [0.717, 1.165) is 16.7 Å². The molecule has 3 amide bonds. The summed E-state index contributed by atoms with van der Waals surface area (Å²) in [5.74, 6) is -1.92. The van der Waals surface area contributed by atoms with Crippen molar-refractivity contribution in [3.05, 3.63) is 77.7 Å². The van der Waals surface area contributed by atoms with Crippen molar-refractivity contribution < 1.29 is 24.0 Å². The fourth-order valence-corrected chi connectivity index (χ4v) is 4.94. The van der Waals surface area contributed by atoms with Gasteiger partial charge in [-0.05, 0) is 29.5 Å². The molecular formula is C29H34N4O5. The molecule has 1 aromatic heterocycles. The second-order valence-corrected chi connectivity index (χ2v) is 10.2. The normalized spacial score (nSPS) is 18.8. The Morgan fingerprint density at radius 1 is 1.11 bits per heavy atom. The predicted molar refractivity (Wildman–Crippen MR) is 142 cm³/mol. The summed E-state index contributed by atoms with van der Waals surface area (Å²) in [6, 6.07) is 17.4. The highest BCUT2D eigenvalue weighted by Crippen LogP contribution is 2.31. The van der Waals surface area contributed by atoms with Gasteiger partial charge >= 0.3 is 0 Å². The van der Waals surface area contributed by atoms with Crippen LogP contribution >= 0.6 is 0 Å². The van der Waals surface area contributed by atoms with Crippen molar-refractivity contribution in [2.75, 3.05) is 6.54 Å². The van der Waals surface area contributed by atoms with Gasteiger partial charge in [-0.3, -0.25) is 14.4 Å². The summed E-state index contributed by atoms with van der Waals surface area (Å²) in [7, 11) is 0. The number of aliphatic hydroxyl groups is 1. The Hall–Kier alpha value is -3.98. The van der Waals surface area contributed by atoms with E-state index < -0.39 is 35.9 Å². The average molecular weight is 519 g/mol. The Balaban J connectivity index is 1.47. The SMILES string of the molecule is Cc1cc([C@H](C(=O)N2C[C@H](O)C[C@H]2C(=O)N[C@H](Cc2ccc(-c3ccccc3)cc2)C(N)=O)C(C)C)on1. The third-order valence-electron chi connectivity index (χ3n) is 6.91. The Bertz CT molecular complexity index is 1270. The molecule has 0 unspecified atom stereocenters. The zero-order valence-corrected chi connectivity index (χ0v) is 21.8. The highest BCUT2D eigenvalue weighted by molar-refractivity contribution is 5.93. The van der Waals surface area contributed by atoms with Crippen LogP contribution in [0.2, 0.25) is 0 Å². The van der Waals surface area contributed by atoms with Crippen molar-refractivity contribution in [1.29, 1.82) is 0 Å². The van der Waals surface area contributed by atoms with Crippen LogP contribution in [0.3, 0.4) is 0 Å². The summed E-state index contributed by atoms with van der Waals surface area (Å²) in [4.78, 5) is 40.5. The lowest BCUT2D eigenvalue weighted by atomic mass is 9.91. The topological polar surface area (TPSA) is 139 Å². The molecule has 1 aliphatic heterocycles. The summed E-state index contributed by atoms with van der Waals surface area (Å²) in [5, 5.41) is 17.0. The Morgan fingerprint density at radius 3 is 2.34 bits per heavy atom. The van der Waals surface area contributed by atoms with Gasteiger partial charge in [0, 0.05) is 25.5 Å². The number of carbonyl (C=O) groups is 3. The monoisotopic (exact) mass is 518 g/mol. The highest BCUT2D eigenvalue weighted by Gasteiger charge is 2.43. The number of carbonyl (C=O) groups excluding carboxylic acids is 3. The van der Waals surface area contributed by atoms with Crippen molar-refractivity contribution in [2.24, 2.45) is 11.7 Å². The molecule has 4 rings (SSSR count). The lowest BCUT2D eigenvalue weighted by Gasteiger charge is -2.29. The molecule has 0 spiro atoms. The molecule has 38 heavy (non-hydrogen) atoms. The Kier molecular flexibility index (Phi) is 8.26. The Morgan fingerprint density at radius 2 is 1.76 bits per heavy atom. The lowest BCUT2D eigenvalue weighted by molar-refractivity contribution is -0.141. The van der Waals surface area contributed by atoms with Crippen LogP contribution in [0.15, 0.2) is 65.2 Å². The number of nitrogens with two attached hydrogens (primary N) is 1. The maximum Gasteiger partial charge on any atom is 0.243 e. The number of aromatic nitrogens is 1. The van der Waals surface area contributed by atoms with Gasteiger partial charge in [0.2, 0.25) is 17.7 Å². The highest BCUT2D eigenvalue weighted by atomic mass is 16.5. The van der Waals surface area contributed by atoms with E-state index in [2.05, 4.69) is 10.5 Å². The van der Waals surface area contributed by atoms with Crippen LogP contribution in [0.5, 0.6) is 0 Å². The van der Waals surface area contributed by atoms with Gasteiger partial charge in [0.15, 0.2) is 0 Å². The van der Waals surface area contributed by atoms with Crippen LogP contribution in [0.4, 0.5) is 0 Å². The van der Waals surface area contributed by atoms with E-state index in [0.29, 0.717) is 11.5 Å². The molecule has 4 atom stereocenters. The summed E-state index contributed by atoms with van der Waals surface area (Å²) in [6.07, 6.45) is -0.600. The quantitative estimate of drug-likeness (QED) is 0.398. The summed E-state index contributed by atoms with van der Waals surface area (Å²) >= 11 is 0. The summed E-state index contributed by atoms with van der Waals surface area (Å²) in [5.41, 5.74) is 9.22. The maximum absolute atomic E-state index is 13.6. The van der Waals surface area contributed by atoms with Gasteiger partial charge in [-0.2, -0.15) is 0 Å². The number of likely N-dealkylation sites (tertiary alicyclic amines) is 1. The first-order valence-electron chi connectivity index (χ1n) is 12.8. The largest absolute Gasteiger partial charge is 0.391 e. The molecule has 0 aliphatic carbocycles. The number of rotatable bonds is 9. The molecule has 2 heterocycles. The van der Waals surface area contributed by atoms with Crippen LogP contribution in [0.1, 0.15) is 43.2 Å². The van der Waals surface area contributed by atoms with E-state index in [9.17, 15) is 19.5 Å². The van der Waals surface area contributed by atoms with Gasteiger partial charge in [0.25, 0.3) is 0 Å². The maximum atomic E-state index is 13.6. The second kappa shape index (κ2) is 11.6. The molecule has 1 saturated heterocycles. The van der Waals surface area contributed by atoms with Crippen LogP contribution in [-0.4, -0.2) is 57.6 Å². The number of amides is 3. The van der Waals surface area contributed by atoms with Crippen LogP contribution in [0.25, 0.3) is 11.1 Å². The summed E-state index contributed by atoms with van der Waals surface area (Å²) < 4.78 is 5.37. The van der Waals surface area contributed by atoms with Crippen LogP contribution in [0, 0.1) is 12.8 Å². The van der Waals surface area contributed by atoms with E-state index >= 15 is 0 Å². The molecule has 9 nitrogen and oxygen atoms in total. The van der Waals surface area contributed by atoms with E-state index in [1.165, 1.54) is 4.90 Å². The molecular weight excluding hydrogens is 484 g/mol. The molecule has 2 aromatic carbocycles. The molecule has 0 saturated carbocycles. The molecule has 3 aromatic rings. The first-order valence-corrected chi connectivity index (χ1v) is 12.8. The number of nitrogens with zero attached hydrogens (tertiary/aromatic N) is 2. The fraction of sp³-hybridized carbons (Fsp3) is 0.379. The molecule has 0 radical (unpaired) electrons. The molecule has 4 N–H and O–H groups in total. The van der Waals surface area contributed by atoms with Crippen molar-refractivity contribution in [1.82, 2.24) is 15.4 Å². The fourth-order valence-electron chi connectivity index (χ4n) is 4.94. The number of aryl methyl sites for hydroxylation is 1. The molecule has 1 aliphatic rings. The molecule has 9 heteroatoms. The number of primary amides is 1. The first-order chi connectivity index (χ1) is 18.1. The van der Waals surface area contributed by atoms with Gasteiger partial charge < -0.3 is 25.6 Å². The summed E-state index contributed by atoms with van der Waals surface area (Å²) in [6.45, 7) is 5.54. The van der Waals surface area contributed by atoms with E-state index in [1.807, 2.05) is 68.4 Å². The van der Waals surface area contributed by atoms with Gasteiger partial charge in [0.1, 0.15) is 23.8 Å². The number of β-amino-alcohol motifs (C(OH)–C–C–N with tert-alkyl or cyclic N) is 1. The molecule has 0 bridgehead atoms. The minimum atomic E-state index is -0.974. The zero-order valence-electron chi connectivity index (χ0n) is 21.8. The minimum Gasteiger partial charge on any atom is -0.391 e. The van der Waals surface area contributed by atoms with Crippen molar-refractivity contribution in [3.8, 4) is 11.1 Å². The average Bonchev–Trinajstić information content (AvgIpc) is 3.49. The van der Waals surface area contributed by atoms with E-state index in [-0.39, 0.29) is 31.2 Å². The second-order valence-electron chi connectivity index (χ2n) is 10.2. The van der Waals surface area contributed by atoms with Crippen LogP contribution < -0.4 is 11.1 Å². The molecule has 200 valence electrons. The smallest absolute Gasteiger partial charge is 0.243 e. The zero-order chi connectivity index (χ0) is 27.4. The minimum absolute atomic E-state index is 0.00937. The van der Waals surface area contributed by atoms with Crippen molar-refractivity contribution >= 4 is 17.7 Å². The van der Waals surface area contributed by atoms with Gasteiger partial charge in [-0.25, -0.2) is 0 Å². The number of hydrogen-bond acceptors (Lipinski definition) is 6. The standard InChI is InChI=1S/C29H34N4O5/c1-17(2)26(25-13-18(3)32-38-25)29(37)33-16-22(34)15-24(33)28(36)31-23(27(30)35)14-19-9-11-21(12-10-19)20-7-5-4-6-8-20/h4-13,17,22-24,26,34H,14-16H2,1-3H3,(H2,30,35)(H,31,36)/t22-,23-,24+,26-/m1/s1. The number of hydrogen-bond donors (Lipinski definition) is 3. The predicted octanol–water partition coefficient (Wildman–Crippen LogP) is 2.56. The third-order valence-corrected chi connectivity index (χ3v) is 6.91. The van der Waals surface area contributed by atoms with Crippen molar-refractivity contribution in [3.63, 3.8) is 0 Å². The number of aliphatic hydroxyl groups excluding tert-OH is 1.